The second kappa shape index (κ2) is 6.19. The molecule has 7 heteroatoms. The molecule has 0 aliphatic carbocycles. The second-order valence-electron chi connectivity index (χ2n) is 5.37. The number of rotatable bonds is 3. The third-order valence-electron chi connectivity index (χ3n) is 3.34. The lowest BCUT2D eigenvalue weighted by Crippen LogP contribution is -2.15. The van der Waals surface area contributed by atoms with Crippen LogP contribution >= 0.6 is 0 Å². The molecule has 1 N–H and O–H groups in total. The number of carbonyl (C=O) groups is 1. The van der Waals surface area contributed by atoms with Gasteiger partial charge in [-0.25, -0.2) is 13.8 Å². The molecule has 0 atom stereocenters. The van der Waals surface area contributed by atoms with Gasteiger partial charge in [0, 0.05) is 31.1 Å². The Balaban J connectivity index is 1.95. The first-order chi connectivity index (χ1) is 11.4. The molecule has 3 aromatic rings. The number of nitrogens with one attached hydrogen (secondary N) is 1. The third-order valence-corrected chi connectivity index (χ3v) is 3.34. The van der Waals surface area contributed by atoms with Crippen molar-refractivity contribution in [2.24, 2.45) is 7.05 Å². The molecule has 3 rings (SSSR count). The molecule has 1 amide bonds. The highest BCUT2D eigenvalue weighted by Gasteiger charge is 2.13. The van der Waals surface area contributed by atoms with Crippen LogP contribution in [0, 0.1) is 18.6 Å². The third kappa shape index (κ3) is 3.45. The topological polar surface area (TPSA) is 59.8 Å². The molecule has 0 saturated carbocycles. The van der Waals surface area contributed by atoms with Gasteiger partial charge in [0.2, 0.25) is 0 Å². The molecule has 0 unspecified atom stereocenters. The zero-order chi connectivity index (χ0) is 17.3. The van der Waals surface area contributed by atoms with Crippen molar-refractivity contribution in [3.63, 3.8) is 0 Å². The van der Waals surface area contributed by atoms with Crippen molar-refractivity contribution in [2.75, 3.05) is 5.32 Å². The summed E-state index contributed by atoms with van der Waals surface area (Å²) < 4.78 is 28.4. The van der Waals surface area contributed by atoms with Crippen LogP contribution in [0.1, 0.15) is 16.2 Å². The highest BCUT2D eigenvalue weighted by atomic mass is 19.1. The van der Waals surface area contributed by atoms with Crippen molar-refractivity contribution >= 4 is 11.7 Å². The predicted molar refractivity (Wildman–Crippen MR) is 85.5 cm³/mol. The molecule has 0 spiro atoms. The van der Waals surface area contributed by atoms with Crippen LogP contribution in [0.3, 0.4) is 0 Å². The number of nitrogens with zero attached hydrogens (tertiary/aromatic N) is 3. The number of carbonyl (C=O) groups excluding carboxylic acids is 1. The maximum atomic E-state index is 13.4. The van der Waals surface area contributed by atoms with Gasteiger partial charge in [0.15, 0.2) is 5.82 Å². The van der Waals surface area contributed by atoms with E-state index in [1.807, 2.05) is 0 Å². The van der Waals surface area contributed by atoms with Crippen molar-refractivity contribution < 1.29 is 13.6 Å². The molecule has 0 fully saturated rings. The minimum atomic E-state index is -0.682. The van der Waals surface area contributed by atoms with Crippen molar-refractivity contribution in [1.29, 1.82) is 0 Å². The molecule has 24 heavy (non-hydrogen) atoms. The zero-order valence-electron chi connectivity index (χ0n) is 13.0. The Labute approximate surface area is 137 Å². The van der Waals surface area contributed by atoms with Crippen LogP contribution in [-0.4, -0.2) is 20.7 Å². The van der Waals surface area contributed by atoms with Gasteiger partial charge in [0.1, 0.15) is 17.3 Å². The summed E-state index contributed by atoms with van der Waals surface area (Å²) >= 11 is 0. The Morgan fingerprint density at radius 3 is 2.38 bits per heavy atom. The zero-order valence-corrected chi connectivity index (χ0v) is 13.0. The van der Waals surface area contributed by atoms with Gasteiger partial charge < -0.3 is 5.32 Å². The summed E-state index contributed by atoms with van der Waals surface area (Å²) in [5.74, 6) is -1.42. The fourth-order valence-corrected chi connectivity index (χ4v) is 2.33. The normalized spacial score (nSPS) is 10.7. The molecule has 2 heterocycles. The summed E-state index contributed by atoms with van der Waals surface area (Å²) in [5, 5.41) is 6.69. The molecule has 0 saturated heterocycles. The van der Waals surface area contributed by atoms with Crippen molar-refractivity contribution in [2.45, 2.75) is 6.92 Å². The number of hydrogen-bond acceptors (Lipinski definition) is 3. The average molecular weight is 328 g/mol. The lowest BCUT2D eigenvalue weighted by molar-refractivity contribution is 0.102. The van der Waals surface area contributed by atoms with E-state index in [1.54, 1.807) is 37.0 Å². The van der Waals surface area contributed by atoms with E-state index >= 15 is 0 Å². The second-order valence-corrected chi connectivity index (χ2v) is 5.37. The SMILES string of the molecule is Cc1cc(-c2cc(F)cc(F)c2)cc(C(=O)Nc2ccn(C)n2)n1. The summed E-state index contributed by atoms with van der Waals surface area (Å²) in [5.41, 5.74) is 1.54. The summed E-state index contributed by atoms with van der Waals surface area (Å²) in [7, 11) is 1.73. The standard InChI is InChI=1S/C17H14F2N4O/c1-10-5-11(12-6-13(18)9-14(19)7-12)8-15(20-10)17(24)21-16-3-4-23(2)22-16/h3-9H,1-2H3,(H,21,22,24). The first-order valence-electron chi connectivity index (χ1n) is 7.17. The predicted octanol–water partition coefficient (Wildman–Crippen LogP) is 3.32. The van der Waals surface area contributed by atoms with E-state index in [0.29, 0.717) is 22.6 Å². The lowest BCUT2D eigenvalue weighted by atomic mass is 10.0. The first kappa shape index (κ1) is 15.8. The summed E-state index contributed by atoms with van der Waals surface area (Å²) in [6, 6.07) is 8.00. The molecule has 0 aliphatic rings. The molecule has 0 radical (unpaired) electrons. The quantitative estimate of drug-likeness (QED) is 0.802. The Hall–Kier alpha value is -3.09. The fourth-order valence-electron chi connectivity index (χ4n) is 2.33. The van der Waals surface area contributed by atoms with Gasteiger partial charge in [-0.05, 0) is 42.3 Å². The maximum absolute atomic E-state index is 13.4. The van der Waals surface area contributed by atoms with E-state index in [2.05, 4.69) is 15.4 Å². The molecular weight excluding hydrogens is 314 g/mol. The van der Waals surface area contributed by atoms with E-state index < -0.39 is 17.5 Å². The lowest BCUT2D eigenvalue weighted by Gasteiger charge is -2.08. The number of aryl methyl sites for hydroxylation is 2. The van der Waals surface area contributed by atoms with Crippen LogP contribution in [0.15, 0.2) is 42.6 Å². The number of amides is 1. The van der Waals surface area contributed by atoms with Crippen molar-refractivity contribution in [3.05, 3.63) is 65.6 Å². The summed E-state index contributed by atoms with van der Waals surface area (Å²) in [6.07, 6.45) is 1.69. The maximum Gasteiger partial charge on any atom is 0.275 e. The van der Waals surface area contributed by atoms with Crippen molar-refractivity contribution in [3.8, 4) is 11.1 Å². The largest absolute Gasteiger partial charge is 0.304 e. The van der Waals surface area contributed by atoms with Gasteiger partial charge in [-0.15, -0.1) is 0 Å². The van der Waals surface area contributed by atoms with Crippen LogP contribution in [0.4, 0.5) is 14.6 Å². The average Bonchev–Trinajstić information content (AvgIpc) is 2.90. The van der Waals surface area contributed by atoms with Gasteiger partial charge in [-0.2, -0.15) is 5.10 Å². The van der Waals surface area contributed by atoms with E-state index in [4.69, 9.17) is 0 Å². The summed E-state index contributed by atoms with van der Waals surface area (Å²) in [6.45, 7) is 1.71. The number of pyridine rings is 1. The van der Waals surface area contributed by atoms with Gasteiger partial charge in [-0.3, -0.25) is 9.48 Å². The fraction of sp³-hybridized carbons (Fsp3) is 0.118. The molecule has 2 aromatic heterocycles. The first-order valence-corrected chi connectivity index (χ1v) is 7.17. The highest BCUT2D eigenvalue weighted by molar-refractivity contribution is 6.03. The Bertz CT molecular complexity index is 900. The summed E-state index contributed by atoms with van der Waals surface area (Å²) in [4.78, 5) is 16.5. The van der Waals surface area contributed by atoms with Crippen LogP contribution in [-0.2, 0) is 7.05 Å². The van der Waals surface area contributed by atoms with E-state index in [1.165, 1.54) is 18.2 Å². The molecule has 122 valence electrons. The highest BCUT2D eigenvalue weighted by Crippen LogP contribution is 2.23. The van der Waals surface area contributed by atoms with E-state index in [0.717, 1.165) is 6.07 Å². The molecule has 5 nitrogen and oxygen atoms in total. The van der Waals surface area contributed by atoms with Crippen LogP contribution < -0.4 is 5.32 Å². The number of benzene rings is 1. The van der Waals surface area contributed by atoms with Gasteiger partial charge >= 0.3 is 0 Å². The minimum Gasteiger partial charge on any atom is -0.304 e. The van der Waals surface area contributed by atoms with Crippen LogP contribution in [0.5, 0.6) is 0 Å². The van der Waals surface area contributed by atoms with Crippen LogP contribution in [0.25, 0.3) is 11.1 Å². The molecule has 0 bridgehead atoms. The van der Waals surface area contributed by atoms with E-state index in [9.17, 15) is 13.6 Å². The number of aromatic nitrogens is 3. The number of hydrogen-bond donors (Lipinski definition) is 1. The van der Waals surface area contributed by atoms with E-state index in [-0.39, 0.29) is 5.69 Å². The molecule has 1 aromatic carbocycles. The van der Waals surface area contributed by atoms with Gasteiger partial charge in [0.05, 0.1) is 0 Å². The Morgan fingerprint density at radius 2 is 1.75 bits per heavy atom. The smallest absolute Gasteiger partial charge is 0.275 e. The Kier molecular flexibility index (Phi) is 4.07. The van der Waals surface area contributed by atoms with Gasteiger partial charge in [0.25, 0.3) is 5.91 Å². The minimum absolute atomic E-state index is 0.139. The van der Waals surface area contributed by atoms with Gasteiger partial charge in [-0.1, -0.05) is 0 Å². The number of halogens is 2. The molecular formula is C17H14F2N4O. The monoisotopic (exact) mass is 328 g/mol. The van der Waals surface area contributed by atoms with Crippen LogP contribution in [0.2, 0.25) is 0 Å². The van der Waals surface area contributed by atoms with Crippen molar-refractivity contribution in [1.82, 2.24) is 14.8 Å². The molecule has 0 aliphatic heterocycles. The Morgan fingerprint density at radius 1 is 1.08 bits per heavy atom. The number of anilines is 1.